The number of rotatable bonds is 6. The van der Waals surface area contributed by atoms with Crippen LogP contribution >= 0.6 is 0 Å². The van der Waals surface area contributed by atoms with E-state index >= 15 is 0 Å². The Bertz CT molecular complexity index is 1150. The number of nitrogens with zero attached hydrogens (tertiary/aromatic N) is 1. The van der Waals surface area contributed by atoms with E-state index in [0.717, 1.165) is 79.9 Å². The summed E-state index contributed by atoms with van der Waals surface area (Å²) in [6, 6.07) is 8.03. The van der Waals surface area contributed by atoms with Crippen molar-refractivity contribution in [3.63, 3.8) is 0 Å². The summed E-state index contributed by atoms with van der Waals surface area (Å²) in [4.78, 5) is 32.0. The fourth-order valence-corrected chi connectivity index (χ4v) is 5.78. The van der Waals surface area contributed by atoms with Crippen molar-refractivity contribution in [1.29, 1.82) is 0 Å². The number of hydrogen-bond acceptors (Lipinski definition) is 4. The number of nitrogens with one attached hydrogen (secondary N) is 2. The minimum absolute atomic E-state index is 0.00582. The first-order chi connectivity index (χ1) is 17.4. The fourth-order valence-electron chi connectivity index (χ4n) is 5.78. The number of carbonyl (C=O) groups is 2. The van der Waals surface area contributed by atoms with Crippen molar-refractivity contribution in [2.45, 2.75) is 58.4 Å². The third kappa shape index (κ3) is 5.27. The summed E-state index contributed by atoms with van der Waals surface area (Å²) in [5, 5.41) is 3.10. The molecule has 4 N–H and O–H groups in total. The van der Waals surface area contributed by atoms with Gasteiger partial charge in [-0.25, -0.2) is 0 Å². The van der Waals surface area contributed by atoms with Gasteiger partial charge in [0.15, 0.2) is 0 Å². The van der Waals surface area contributed by atoms with Crippen molar-refractivity contribution in [2.75, 3.05) is 31.2 Å². The Morgan fingerprint density at radius 1 is 1.11 bits per heavy atom. The SMILES string of the molecule is Cc1cc(C)c(/C=C2\C(=O)N(CC3CCC(N)CC3)c3cc(C(=O)NCC4CCOCC4)ccc32)[nH]1. The van der Waals surface area contributed by atoms with Gasteiger partial charge in [0.25, 0.3) is 11.8 Å². The maximum absolute atomic E-state index is 13.7. The molecule has 1 aromatic heterocycles. The molecule has 36 heavy (non-hydrogen) atoms. The number of nitrogens with two attached hydrogens (primary N) is 1. The molecule has 0 radical (unpaired) electrons. The van der Waals surface area contributed by atoms with Gasteiger partial charge in [-0.05, 0) is 94.0 Å². The molecule has 1 aromatic carbocycles. The van der Waals surface area contributed by atoms with Gasteiger partial charge in [0, 0.05) is 54.9 Å². The van der Waals surface area contributed by atoms with E-state index in [2.05, 4.69) is 16.4 Å². The number of fused-ring (bicyclic) bond motifs is 1. The van der Waals surface area contributed by atoms with Crippen LogP contribution in [0.4, 0.5) is 5.69 Å². The molecule has 192 valence electrons. The van der Waals surface area contributed by atoms with Crippen LogP contribution in [0.1, 0.15) is 71.4 Å². The predicted octanol–water partition coefficient (Wildman–Crippen LogP) is 4.19. The van der Waals surface area contributed by atoms with Crippen LogP contribution in [0.5, 0.6) is 0 Å². The number of anilines is 1. The Morgan fingerprint density at radius 3 is 2.56 bits per heavy atom. The molecule has 1 aliphatic carbocycles. The minimum Gasteiger partial charge on any atom is -0.381 e. The fraction of sp³-hybridized carbons (Fsp3) is 0.517. The highest BCUT2D eigenvalue weighted by molar-refractivity contribution is 6.36. The second-order valence-electron chi connectivity index (χ2n) is 10.8. The zero-order valence-electron chi connectivity index (χ0n) is 21.4. The Morgan fingerprint density at radius 2 is 1.86 bits per heavy atom. The van der Waals surface area contributed by atoms with Crippen molar-refractivity contribution in [2.24, 2.45) is 17.6 Å². The summed E-state index contributed by atoms with van der Waals surface area (Å²) in [7, 11) is 0. The van der Waals surface area contributed by atoms with Gasteiger partial charge in [-0.15, -0.1) is 0 Å². The minimum atomic E-state index is -0.0893. The normalized spacial score (nSPS) is 23.8. The van der Waals surface area contributed by atoms with Crippen LogP contribution < -0.4 is 16.0 Å². The molecule has 3 heterocycles. The van der Waals surface area contributed by atoms with Gasteiger partial charge in [-0.1, -0.05) is 6.07 Å². The second kappa shape index (κ2) is 10.6. The predicted molar refractivity (Wildman–Crippen MR) is 143 cm³/mol. The van der Waals surface area contributed by atoms with Crippen LogP contribution in [-0.4, -0.2) is 49.1 Å². The van der Waals surface area contributed by atoms with E-state index in [0.29, 0.717) is 36.1 Å². The summed E-state index contributed by atoms with van der Waals surface area (Å²) < 4.78 is 5.43. The van der Waals surface area contributed by atoms with Gasteiger partial charge in [0.2, 0.25) is 0 Å². The smallest absolute Gasteiger partial charge is 0.259 e. The summed E-state index contributed by atoms with van der Waals surface area (Å²) in [5.41, 5.74) is 12.2. The number of aryl methyl sites for hydroxylation is 2. The molecule has 7 heteroatoms. The van der Waals surface area contributed by atoms with Gasteiger partial charge >= 0.3 is 0 Å². The van der Waals surface area contributed by atoms with E-state index in [9.17, 15) is 9.59 Å². The van der Waals surface area contributed by atoms with E-state index in [1.54, 1.807) is 0 Å². The topological polar surface area (TPSA) is 100 Å². The number of benzene rings is 1. The van der Waals surface area contributed by atoms with Crippen LogP contribution in [-0.2, 0) is 9.53 Å². The van der Waals surface area contributed by atoms with Crippen LogP contribution in [0.2, 0.25) is 0 Å². The Kier molecular flexibility index (Phi) is 7.30. The van der Waals surface area contributed by atoms with Crippen molar-refractivity contribution in [1.82, 2.24) is 10.3 Å². The zero-order chi connectivity index (χ0) is 25.2. The molecule has 2 fully saturated rings. The quantitative estimate of drug-likeness (QED) is 0.529. The summed E-state index contributed by atoms with van der Waals surface area (Å²) >= 11 is 0. The maximum atomic E-state index is 13.7. The van der Waals surface area contributed by atoms with Gasteiger partial charge in [-0.2, -0.15) is 0 Å². The summed E-state index contributed by atoms with van der Waals surface area (Å²) in [6.07, 6.45) is 7.97. The molecule has 3 aliphatic rings. The molecule has 2 aliphatic heterocycles. The number of hydrogen-bond donors (Lipinski definition) is 3. The van der Waals surface area contributed by atoms with Crippen molar-refractivity contribution in [3.8, 4) is 0 Å². The molecule has 0 bridgehead atoms. The number of H-pyrrole nitrogens is 1. The number of amides is 2. The number of aromatic nitrogens is 1. The molecule has 0 unspecified atom stereocenters. The Hall–Kier alpha value is -2.90. The largest absolute Gasteiger partial charge is 0.381 e. The van der Waals surface area contributed by atoms with Crippen molar-refractivity contribution >= 4 is 29.2 Å². The highest BCUT2D eigenvalue weighted by Crippen LogP contribution is 2.40. The highest BCUT2D eigenvalue weighted by Gasteiger charge is 2.35. The standard InChI is InChI=1S/C29H38N4O3/c1-18-13-19(2)32-26(18)15-25-24-8-5-22(28(34)31-16-20-9-11-36-12-10-20)14-27(24)33(29(25)35)17-21-3-6-23(30)7-4-21/h5,8,13-15,20-21,23,32H,3-4,6-7,9-12,16-17,30H2,1-2H3,(H,31,34)/b25-15-. The first-order valence-electron chi connectivity index (χ1n) is 13.3. The molecule has 2 amide bonds. The average molecular weight is 491 g/mol. The number of aromatic amines is 1. The number of carbonyl (C=O) groups excluding carboxylic acids is 2. The van der Waals surface area contributed by atoms with Crippen LogP contribution in [0, 0.1) is 25.7 Å². The molecular weight excluding hydrogens is 452 g/mol. The van der Waals surface area contributed by atoms with Crippen LogP contribution in [0.3, 0.4) is 0 Å². The lowest BCUT2D eigenvalue weighted by atomic mass is 9.86. The summed E-state index contributed by atoms with van der Waals surface area (Å²) in [6.45, 7) is 6.90. The third-order valence-electron chi connectivity index (χ3n) is 8.02. The molecule has 1 saturated carbocycles. The van der Waals surface area contributed by atoms with Gasteiger partial charge in [0.05, 0.1) is 11.3 Å². The maximum Gasteiger partial charge on any atom is 0.259 e. The van der Waals surface area contributed by atoms with E-state index in [1.165, 1.54) is 0 Å². The van der Waals surface area contributed by atoms with E-state index in [-0.39, 0.29) is 17.9 Å². The molecule has 7 nitrogen and oxygen atoms in total. The van der Waals surface area contributed by atoms with Gasteiger partial charge in [0.1, 0.15) is 0 Å². The van der Waals surface area contributed by atoms with E-state index in [1.807, 2.05) is 43.0 Å². The first kappa shape index (κ1) is 24.8. The Labute approximate surface area is 213 Å². The molecule has 0 spiro atoms. The molecule has 0 atom stereocenters. The van der Waals surface area contributed by atoms with Crippen molar-refractivity contribution < 1.29 is 14.3 Å². The van der Waals surface area contributed by atoms with Gasteiger partial charge < -0.3 is 25.7 Å². The van der Waals surface area contributed by atoms with E-state index in [4.69, 9.17) is 10.5 Å². The monoisotopic (exact) mass is 490 g/mol. The first-order valence-corrected chi connectivity index (χ1v) is 13.3. The van der Waals surface area contributed by atoms with Crippen LogP contribution in [0.15, 0.2) is 24.3 Å². The van der Waals surface area contributed by atoms with Crippen molar-refractivity contribution in [3.05, 3.63) is 52.3 Å². The molecule has 2 aromatic rings. The molecule has 1 saturated heterocycles. The molecular formula is C29H38N4O3. The molecule has 5 rings (SSSR count). The van der Waals surface area contributed by atoms with Crippen LogP contribution in [0.25, 0.3) is 11.6 Å². The lowest BCUT2D eigenvalue weighted by Gasteiger charge is -2.30. The third-order valence-corrected chi connectivity index (χ3v) is 8.02. The lowest BCUT2D eigenvalue weighted by molar-refractivity contribution is -0.113. The Balaban J connectivity index is 1.42. The second-order valence-corrected chi connectivity index (χ2v) is 10.8. The summed E-state index contributed by atoms with van der Waals surface area (Å²) in [5.74, 6) is 0.788. The average Bonchev–Trinajstić information content (AvgIpc) is 3.34. The lowest BCUT2D eigenvalue weighted by Crippen LogP contribution is -2.36. The highest BCUT2D eigenvalue weighted by atomic mass is 16.5. The van der Waals surface area contributed by atoms with Gasteiger partial charge in [-0.3, -0.25) is 9.59 Å². The zero-order valence-corrected chi connectivity index (χ0v) is 21.4. The van der Waals surface area contributed by atoms with E-state index < -0.39 is 0 Å². The number of ether oxygens (including phenoxy) is 1.